The molecule has 2 rings (SSSR count). The van der Waals surface area contributed by atoms with Gasteiger partial charge in [-0.3, -0.25) is 0 Å². The van der Waals surface area contributed by atoms with Crippen LogP contribution in [0.25, 0.3) is 0 Å². The average Bonchev–Trinajstić information content (AvgIpc) is 2.46. The molecule has 0 bridgehead atoms. The molecule has 0 spiro atoms. The van der Waals surface area contributed by atoms with E-state index in [1.54, 1.807) is 0 Å². The van der Waals surface area contributed by atoms with Crippen molar-refractivity contribution in [3.05, 3.63) is 71.3 Å². The predicted molar refractivity (Wildman–Crippen MR) is 81.4 cm³/mol. The fraction of sp³-hybridized carbons (Fsp3) is 0.235. The number of amides is 2. The lowest BCUT2D eigenvalue weighted by atomic mass is 10.0. The standard InChI is InChI=1S/C17H20N2O/c1-13-8-6-7-11-16(13)14(2)19-17(20)18-12-15-9-4-3-5-10-15/h3-11,14H,12H2,1-2H3,(H2,18,19,20). The molecule has 3 heteroatoms. The van der Waals surface area contributed by atoms with Gasteiger partial charge < -0.3 is 10.6 Å². The fourth-order valence-corrected chi connectivity index (χ4v) is 2.18. The van der Waals surface area contributed by atoms with Gasteiger partial charge in [-0.1, -0.05) is 54.6 Å². The smallest absolute Gasteiger partial charge is 0.315 e. The zero-order chi connectivity index (χ0) is 14.4. The Balaban J connectivity index is 1.87. The molecule has 2 N–H and O–H groups in total. The molecule has 0 saturated heterocycles. The molecule has 0 fully saturated rings. The van der Waals surface area contributed by atoms with Crippen molar-refractivity contribution >= 4 is 6.03 Å². The van der Waals surface area contributed by atoms with E-state index in [1.807, 2.05) is 55.5 Å². The van der Waals surface area contributed by atoms with Crippen LogP contribution in [0.4, 0.5) is 4.79 Å². The van der Waals surface area contributed by atoms with Crippen LogP contribution in [0.3, 0.4) is 0 Å². The Hall–Kier alpha value is -2.29. The Kier molecular flexibility index (Phi) is 4.77. The van der Waals surface area contributed by atoms with E-state index in [2.05, 4.69) is 23.6 Å². The van der Waals surface area contributed by atoms with Gasteiger partial charge in [0.15, 0.2) is 0 Å². The van der Waals surface area contributed by atoms with Crippen molar-refractivity contribution in [2.24, 2.45) is 0 Å². The first-order valence-electron chi connectivity index (χ1n) is 6.80. The highest BCUT2D eigenvalue weighted by Crippen LogP contribution is 2.16. The highest BCUT2D eigenvalue weighted by atomic mass is 16.2. The molecule has 3 nitrogen and oxygen atoms in total. The summed E-state index contributed by atoms with van der Waals surface area (Å²) in [4.78, 5) is 11.9. The van der Waals surface area contributed by atoms with Crippen molar-refractivity contribution in [2.45, 2.75) is 26.4 Å². The third kappa shape index (κ3) is 3.85. The van der Waals surface area contributed by atoms with Crippen LogP contribution in [-0.4, -0.2) is 6.03 Å². The Morgan fingerprint density at radius 1 is 1.05 bits per heavy atom. The van der Waals surface area contributed by atoms with E-state index in [4.69, 9.17) is 0 Å². The molecular formula is C17H20N2O. The zero-order valence-electron chi connectivity index (χ0n) is 11.9. The summed E-state index contributed by atoms with van der Waals surface area (Å²) in [5.74, 6) is 0. The van der Waals surface area contributed by atoms with Crippen LogP contribution in [0.5, 0.6) is 0 Å². The number of urea groups is 1. The summed E-state index contributed by atoms with van der Waals surface area (Å²) in [6.07, 6.45) is 0. The van der Waals surface area contributed by atoms with Gasteiger partial charge in [0, 0.05) is 6.54 Å². The molecule has 2 aromatic rings. The third-order valence-electron chi connectivity index (χ3n) is 3.30. The highest BCUT2D eigenvalue weighted by molar-refractivity contribution is 5.74. The number of carbonyl (C=O) groups is 1. The van der Waals surface area contributed by atoms with E-state index < -0.39 is 0 Å². The molecular weight excluding hydrogens is 248 g/mol. The van der Waals surface area contributed by atoms with Crippen LogP contribution in [-0.2, 0) is 6.54 Å². The Morgan fingerprint density at radius 2 is 1.70 bits per heavy atom. The molecule has 0 aliphatic carbocycles. The summed E-state index contributed by atoms with van der Waals surface area (Å²) in [6, 6.07) is 17.8. The van der Waals surface area contributed by atoms with Crippen molar-refractivity contribution in [3.8, 4) is 0 Å². The molecule has 20 heavy (non-hydrogen) atoms. The third-order valence-corrected chi connectivity index (χ3v) is 3.30. The van der Waals surface area contributed by atoms with E-state index in [-0.39, 0.29) is 12.1 Å². The maximum absolute atomic E-state index is 11.9. The van der Waals surface area contributed by atoms with Gasteiger partial charge in [-0.25, -0.2) is 4.79 Å². The van der Waals surface area contributed by atoms with Crippen molar-refractivity contribution in [3.63, 3.8) is 0 Å². The van der Waals surface area contributed by atoms with E-state index >= 15 is 0 Å². The van der Waals surface area contributed by atoms with Crippen LogP contribution in [0.1, 0.15) is 29.7 Å². The van der Waals surface area contributed by atoms with Crippen LogP contribution in [0, 0.1) is 6.92 Å². The monoisotopic (exact) mass is 268 g/mol. The topological polar surface area (TPSA) is 41.1 Å². The number of carbonyl (C=O) groups excluding carboxylic acids is 1. The van der Waals surface area contributed by atoms with Crippen LogP contribution >= 0.6 is 0 Å². The van der Waals surface area contributed by atoms with Crippen LogP contribution < -0.4 is 10.6 Å². The summed E-state index contributed by atoms with van der Waals surface area (Å²) in [6.45, 7) is 4.58. The van der Waals surface area contributed by atoms with Crippen molar-refractivity contribution < 1.29 is 4.79 Å². The second kappa shape index (κ2) is 6.75. The normalized spacial score (nSPS) is 11.7. The molecule has 0 heterocycles. The summed E-state index contributed by atoms with van der Waals surface area (Å²) >= 11 is 0. The number of rotatable bonds is 4. The molecule has 0 aromatic heterocycles. The SMILES string of the molecule is Cc1ccccc1C(C)NC(=O)NCc1ccccc1. The summed E-state index contributed by atoms with van der Waals surface area (Å²) in [5.41, 5.74) is 3.41. The average molecular weight is 268 g/mol. The number of hydrogen-bond acceptors (Lipinski definition) is 1. The molecule has 0 aliphatic rings. The molecule has 104 valence electrons. The first-order chi connectivity index (χ1) is 9.66. The van der Waals surface area contributed by atoms with E-state index in [9.17, 15) is 4.79 Å². The maximum atomic E-state index is 11.9. The Bertz CT molecular complexity index is 566. The second-order valence-corrected chi connectivity index (χ2v) is 4.89. The minimum absolute atomic E-state index is 0.00743. The van der Waals surface area contributed by atoms with Gasteiger partial charge in [-0.05, 0) is 30.5 Å². The summed E-state index contributed by atoms with van der Waals surface area (Å²) < 4.78 is 0. The molecule has 2 amide bonds. The Morgan fingerprint density at radius 3 is 2.40 bits per heavy atom. The van der Waals surface area contributed by atoms with Crippen molar-refractivity contribution in [1.82, 2.24) is 10.6 Å². The van der Waals surface area contributed by atoms with E-state index in [0.717, 1.165) is 11.1 Å². The molecule has 0 aliphatic heterocycles. The van der Waals surface area contributed by atoms with Crippen molar-refractivity contribution in [2.75, 3.05) is 0 Å². The Labute approximate surface area is 120 Å². The molecule has 1 atom stereocenters. The molecule has 0 saturated carbocycles. The highest BCUT2D eigenvalue weighted by Gasteiger charge is 2.10. The predicted octanol–water partition coefficient (Wildman–Crippen LogP) is 3.56. The first-order valence-corrected chi connectivity index (χ1v) is 6.80. The van der Waals surface area contributed by atoms with Gasteiger partial charge in [0.2, 0.25) is 0 Å². The second-order valence-electron chi connectivity index (χ2n) is 4.89. The largest absolute Gasteiger partial charge is 0.334 e. The number of hydrogen-bond donors (Lipinski definition) is 2. The molecule has 2 aromatic carbocycles. The summed E-state index contributed by atoms with van der Waals surface area (Å²) in [7, 11) is 0. The number of benzene rings is 2. The van der Waals surface area contributed by atoms with Gasteiger partial charge in [0.05, 0.1) is 6.04 Å². The summed E-state index contributed by atoms with van der Waals surface area (Å²) in [5, 5.41) is 5.83. The number of aryl methyl sites for hydroxylation is 1. The molecule has 0 radical (unpaired) electrons. The lowest BCUT2D eigenvalue weighted by molar-refractivity contribution is 0.237. The minimum atomic E-state index is -0.149. The van der Waals surface area contributed by atoms with E-state index in [0.29, 0.717) is 6.54 Å². The van der Waals surface area contributed by atoms with Gasteiger partial charge in [0.1, 0.15) is 0 Å². The van der Waals surface area contributed by atoms with Crippen molar-refractivity contribution in [1.29, 1.82) is 0 Å². The first kappa shape index (κ1) is 14.1. The molecule has 1 unspecified atom stereocenters. The fourth-order valence-electron chi connectivity index (χ4n) is 2.18. The van der Waals surface area contributed by atoms with Crippen LogP contribution in [0.2, 0.25) is 0 Å². The lowest BCUT2D eigenvalue weighted by Gasteiger charge is -2.17. The van der Waals surface area contributed by atoms with Gasteiger partial charge in [-0.15, -0.1) is 0 Å². The quantitative estimate of drug-likeness (QED) is 0.874. The van der Waals surface area contributed by atoms with Gasteiger partial charge in [-0.2, -0.15) is 0 Å². The maximum Gasteiger partial charge on any atom is 0.315 e. The van der Waals surface area contributed by atoms with E-state index in [1.165, 1.54) is 5.56 Å². The van der Waals surface area contributed by atoms with Gasteiger partial charge in [0.25, 0.3) is 0 Å². The number of nitrogens with one attached hydrogen (secondary N) is 2. The lowest BCUT2D eigenvalue weighted by Crippen LogP contribution is -2.36. The van der Waals surface area contributed by atoms with Gasteiger partial charge >= 0.3 is 6.03 Å². The minimum Gasteiger partial charge on any atom is -0.334 e. The zero-order valence-corrected chi connectivity index (χ0v) is 11.9. The van der Waals surface area contributed by atoms with Crippen LogP contribution in [0.15, 0.2) is 54.6 Å².